The minimum absolute atomic E-state index is 0.630. The number of thiocarbonyl (C=S) groups is 1. The number of hydrogen-bond acceptors (Lipinski definition) is 5. The van der Waals surface area contributed by atoms with Crippen LogP contribution < -0.4 is 24.8 Å². The Morgan fingerprint density at radius 1 is 1.19 bits per heavy atom. The van der Waals surface area contributed by atoms with Gasteiger partial charge in [-0.3, -0.25) is 0 Å². The van der Waals surface area contributed by atoms with Crippen LogP contribution in [-0.2, 0) is 6.42 Å². The van der Waals surface area contributed by atoms with E-state index >= 15 is 0 Å². The molecule has 5 nitrogen and oxygen atoms in total. The zero-order valence-electron chi connectivity index (χ0n) is 15.2. The van der Waals surface area contributed by atoms with Crippen LogP contribution in [0.1, 0.15) is 17.5 Å². The smallest absolute Gasteiger partial charge is 0.161 e. The van der Waals surface area contributed by atoms with E-state index in [1.165, 1.54) is 5.56 Å². The van der Waals surface area contributed by atoms with Gasteiger partial charge >= 0.3 is 0 Å². The summed E-state index contributed by atoms with van der Waals surface area (Å²) in [5.41, 5.74) is 4.24. The number of hydrogen-bond donors (Lipinski definition) is 2. The summed E-state index contributed by atoms with van der Waals surface area (Å²) in [6, 6.07) is 11.9. The normalized spacial score (nSPS) is 16.7. The second-order valence-corrected chi connectivity index (χ2v) is 6.90. The maximum Gasteiger partial charge on any atom is 0.161 e. The summed E-state index contributed by atoms with van der Waals surface area (Å²) in [6.07, 6.45) is 3.80. The number of nitrogens with one attached hydrogen (secondary N) is 2. The van der Waals surface area contributed by atoms with E-state index in [4.69, 9.17) is 26.4 Å². The SMILES string of the molecule is COc1cccc(NC(=S)C=C2NCCc3cc4c(cc32)OCCCO4)c1. The molecule has 2 aliphatic heterocycles. The van der Waals surface area contributed by atoms with Gasteiger partial charge in [0.2, 0.25) is 0 Å². The molecule has 2 aromatic carbocycles. The molecule has 0 aliphatic carbocycles. The summed E-state index contributed by atoms with van der Waals surface area (Å²) < 4.78 is 16.9. The third-order valence-corrected chi connectivity index (χ3v) is 4.81. The van der Waals surface area contributed by atoms with Crippen molar-refractivity contribution in [1.29, 1.82) is 0 Å². The summed E-state index contributed by atoms with van der Waals surface area (Å²) in [5.74, 6) is 2.42. The van der Waals surface area contributed by atoms with Gasteiger partial charge in [0, 0.05) is 36.0 Å². The lowest BCUT2D eigenvalue weighted by Gasteiger charge is -2.23. The average Bonchev–Trinajstić information content (AvgIpc) is 2.91. The Bertz CT molecular complexity index is 895. The molecule has 0 aromatic heterocycles. The van der Waals surface area contributed by atoms with Gasteiger partial charge in [-0.25, -0.2) is 0 Å². The molecule has 2 aromatic rings. The Labute approximate surface area is 164 Å². The number of fused-ring (bicyclic) bond motifs is 2. The molecule has 2 aliphatic rings. The van der Waals surface area contributed by atoms with Gasteiger partial charge < -0.3 is 24.8 Å². The van der Waals surface area contributed by atoms with Crippen LogP contribution in [0.3, 0.4) is 0 Å². The van der Waals surface area contributed by atoms with Crippen molar-refractivity contribution in [2.24, 2.45) is 0 Å². The fourth-order valence-corrected chi connectivity index (χ4v) is 3.51. The van der Waals surface area contributed by atoms with E-state index in [9.17, 15) is 0 Å². The first kappa shape index (κ1) is 17.7. The second-order valence-electron chi connectivity index (χ2n) is 6.46. The minimum atomic E-state index is 0.630. The summed E-state index contributed by atoms with van der Waals surface area (Å²) >= 11 is 5.54. The predicted octanol–water partition coefficient (Wildman–Crippen LogP) is 3.78. The number of rotatable bonds is 3. The lowest BCUT2D eigenvalue weighted by atomic mass is 9.97. The van der Waals surface area contributed by atoms with Crippen molar-refractivity contribution in [1.82, 2.24) is 5.32 Å². The van der Waals surface area contributed by atoms with E-state index in [0.717, 1.165) is 53.6 Å². The van der Waals surface area contributed by atoms with Gasteiger partial charge in [-0.05, 0) is 42.3 Å². The first-order valence-corrected chi connectivity index (χ1v) is 9.47. The quantitative estimate of drug-likeness (QED) is 0.622. The van der Waals surface area contributed by atoms with Crippen LogP contribution in [0.25, 0.3) is 5.70 Å². The van der Waals surface area contributed by atoms with Crippen molar-refractivity contribution in [3.8, 4) is 17.2 Å². The Hall–Kier alpha value is -2.73. The molecule has 140 valence electrons. The number of benzene rings is 2. The largest absolute Gasteiger partial charge is 0.497 e. The van der Waals surface area contributed by atoms with Crippen LogP contribution in [0.15, 0.2) is 42.5 Å². The lowest BCUT2D eigenvalue weighted by molar-refractivity contribution is 0.297. The highest BCUT2D eigenvalue weighted by Gasteiger charge is 2.20. The van der Waals surface area contributed by atoms with Gasteiger partial charge in [0.05, 0.1) is 20.3 Å². The zero-order valence-corrected chi connectivity index (χ0v) is 16.0. The fourth-order valence-electron chi connectivity index (χ4n) is 3.27. The molecule has 6 heteroatoms. The van der Waals surface area contributed by atoms with Gasteiger partial charge in [0.1, 0.15) is 10.7 Å². The predicted molar refractivity (Wildman–Crippen MR) is 111 cm³/mol. The molecule has 0 saturated carbocycles. The number of methoxy groups -OCH3 is 1. The monoisotopic (exact) mass is 382 g/mol. The number of ether oxygens (including phenoxy) is 3. The minimum Gasteiger partial charge on any atom is -0.497 e. The Morgan fingerprint density at radius 3 is 2.81 bits per heavy atom. The van der Waals surface area contributed by atoms with E-state index < -0.39 is 0 Å². The zero-order chi connectivity index (χ0) is 18.6. The average molecular weight is 382 g/mol. The van der Waals surface area contributed by atoms with Gasteiger partial charge in [0.15, 0.2) is 11.5 Å². The van der Waals surface area contributed by atoms with Gasteiger partial charge in [-0.15, -0.1) is 0 Å². The third-order valence-electron chi connectivity index (χ3n) is 4.59. The molecule has 27 heavy (non-hydrogen) atoms. The lowest BCUT2D eigenvalue weighted by Crippen LogP contribution is -2.24. The molecular formula is C21H22N2O3S. The van der Waals surface area contributed by atoms with Crippen LogP contribution in [0.4, 0.5) is 5.69 Å². The molecule has 0 bridgehead atoms. The Morgan fingerprint density at radius 2 is 2.00 bits per heavy atom. The summed E-state index contributed by atoms with van der Waals surface area (Å²) in [7, 11) is 1.65. The second kappa shape index (κ2) is 7.88. The molecule has 0 saturated heterocycles. The van der Waals surface area contributed by atoms with E-state index in [-0.39, 0.29) is 0 Å². The van der Waals surface area contributed by atoms with Crippen LogP contribution in [0, 0.1) is 0 Å². The van der Waals surface area contributed by atoms with Crippen molar-refractivity contribution < 1.29 is 14.2 Å². The first-order valence-electron chi connectivity index (χ1n) is 9.06. The molecular weight excluding hydrogens is 360 g/mol. The van der Waals surface area contributed by atoms with Crippen LogP contribution >= 0.6 is 12.2 Å². The molecule has 0 radical (unpaired) electrons. The molecule has 0 amide bonds. The van der Waals surface area contributed by atoms with Crippen molar-refractivity contribution in [2.45, 2.75) is 12.8 Å². The summed E-state index contributed by atoms with van der Waals surface area (Å²) in [4.78, 5) is 0.630. The molecule has 0 atom stereocenters. The Kier molecular flexibility index (Phi) is 5.16. The highest BCUT2D eigenvalue weighted by atomic mass is 32.1. The van der Waals surface area contributed by atoms with Crippen molar-refractivity contribution in [3.63, 3.8) is 0 Å². The van der Waals surface area contributed by atoms with E-state index in [2.05, 4.69) is 22.8 Å². The highest BCUT2D eigenvalue weighted by molar-refractivity contribution is 7.81. The Balaban J connectivity index is 1.59. The highest BCUT2D eigenvalue weighted by Crippen LogP contribution is 2.36. The maximum absolute atomic E-state index is 5.85. The third kappa shape index (κ3) is 4.01. The van der Waals surface area contributed by atoms with Crippen molar-refractivity contribution >= 4 is 28.6 Å². The van der Waals surface area contributed by atoms with Crippen LogP contribution in [-0.4, -0.2) is 31.9 Å². The van der Waals surface area contributed by atoms with Crippen LogP contribution in [0.2, 0.25) is 0 Å². The van der Waals surface area contributed by atoms with E-state index in [0.29, 0.717) is 18.2 Å². The molecule has 2 N–H and O–H groups in total. The van der Waals surface area contributed by atoms with Crippen molar-refractivity contribution in [3.05, 3.63) is 53.6 Å². The number of anilines is 1. The van der Waals surface area contributed by atoms with Crippen LogP contribution in [0.5, 0.6) is 17.2 Å². The topological polar surface area (TPSA) is 51.8 Å². The van der Waals surface area contributed by atoms with Gasteiger partial charge in [-0.2, -0.15) is 0 Å². The van der Waals surface area contributed by atoms with Gasteiger partial charge in [0.25, 0.3) is 0 Å². The molecule has 0 fully saturated rings. The summed E-state index contributed by atoms with van der Waals surface area (Å²) in [5, 5.41) is 6.70. The van der Waals surface area contributed by atoms with E-state index in [1.54, 1.807) is 7.11 Å². The molecule has 0 spiro atoms. The molecule has 4 rings (SSSR count). The van der Waals surface area contributed by atoms with Crippen molar-refractivity contribution in [2.75, 3.05) is 32.2 Å². The molecule has 2 heterocycles. The van der Waals surface area contributed by atoms with Gasteiger partial charge in [-0.1, -0.05) is 18.3 Å². The molecule has 0 unspecified atom stereocenters. The standard InChI is InChI=1S/C21H22N2O3S/c1-24-16-5-2-4-15(11-16)23-21(27)13-18-17-12-20-19(25-8-3-9-26-20)10-14(17)6-7-22-18/h2,4-5,10-13,22H,3,6-9H2,1H3,(H,23,27). The van der Waals surface area contributed by atoms with E-state index in [1.807, 2.05) is 30.3 Å². The fraction of sp³-hybridized carbons (Fsp3) is 0.286. The first-order chi connectivity index (χ1) is 13.2. The summed E-state index contributed by atoms with van der Waals surface area (Å²) in [6.45, 7) is 2.23. The maximum atomic E-state index is 5.85.